The Hall–Kier alpha value is -1.90. The normalized spacial score (nSPS) is 37.9. The Morgan fingerprint density at radius 3 is 2.96 bits per heavy atom. The van der Waals surface area contributed by atoms with Crippen LogP contribution in [0.4, 0.5) is 0 Å². The van der Waals surface area contributed by atoms with Crippen molar-refractivity contribution < 1.29 is 14.4 Å². The van der Waals surface area contributed by atoms with Crippen molar-refractivity contribution in [2.24, 2.45) is 17.3 Å². The Labute approximate surface area is 160 Å². The first kappa shape index (κ1) is 16.1. The Morgan fingerprint density at radius 2 is 2.11 bits per heavy atom. The number of fused-ring (bicyclic) bond motifs is 7. The van der Waals surface area contributed by atoms with Gasteiger partial charge in [-0.1, -0.05) is 25.1 Å². The fourth-order valence-electron chi connectivity index (χ4n) is 6.67. The van der Waals surface area contributed by atoms with Crippen LogP contribution < -0.4 is 9.31 Å². The van der Waals surface area contributed by atoms with Crippen LogP contribution in [0.25, 0.3) is 0 Å². The maximum absolute atomic E-state index is 10.6. The van der Waals surface area contributed by atoms with Crippen molar-refractivity contribution in [1.82, 2.24) is 0 Å². The third-order valence-electron chi connectivity index (χ3n) is 8.11. The largest absolute Gasteiger partial charge is 0.641 e. The quantitative estimate of drug-likeness (QED) is 0.598. The van der Waals surface area contributed by atoms with Crippen LogP contribution in [0.2, 0.25) is 0 Å². The molecule has 0 bridgehead atoms. The summed E-state index contributed by atoms with van der Waals surface area (Å²) in [6, 6.07) is 4.40. The third-order valence-corrected chi connectivity index (χ3v) is 8.11. The summed E-state index contributed by atoms with van der Waals surface area (Å²) in [4.78, 5) is 0. The Morgan fingerprint density at radius 1 is 1.19 bits per heavy atom. The minimum absolute atomic E-state index is 0.108. The van der Waals surface area contributed by atoms with Gasteiger partial charge in [0.05, 0.1) is 11.6 Å². The maximum atomic E-state index is 10.6. The maximum Gasteiger partial charge on any atom is 0.641 e. The van der Waals surface area contributed by atoms with Gasteiger partial charge in [0.2, 0.25) is 0 Å². The SMILES string of the molecule is C[C@]12CC[C@@H]3c4ccc5c(c4CC[C@H]3[C@@H]1CC[C@@H]2O)OB(C1=C=CC=C1)O5. The van der Waals surface area contributed by atoms with Gasteiger partial charge in [-0.05, 0) is 85.0 Å². The minimum Gasteiger partial charge on any atom is -0.519 e. The van der Waals surface area contributed by atoms with Crippen LogP contribution in [0.5, 0.6) is 11.5 Å². The van der Waals surface area contributed by atoms with E-state index in [0.717, 1.165) is 36.2 Å². The summed E-state index contributed by atoms with van der Waals surface area (Å²) in [6.07, 6.45) is 12.5. The molecule has 0 spiro atoms. The second-order valence-electron chi connectivity index (χ2n) is 9.21. The molecule has 138 valence electrons. The van der Waals surface area contributed by atoms with Gasteiger partial charge in [0.25, 0.3) is 0 Å². The fourth-order valence-corrected chi connectivity index (χ4v) is 6.67. The molecule has 5 aliphatic rings. The van der Waals surface area contributed by atoms with Crippen molar-refractivity contribution in [2.45, 2.75) is 57.5 Å². The third kappa shape index (κ3) is 2.14. The average molecular weight is 360 g/mol. The van der Waals surface area contributed by atoms with Crippen LogP contribution >= 0.6 is 0 Å². The molecular formula is C23H25BO3. The van der Waals surface area contributed by atoms with Crippen LogP contribution in [-0.4, -0.2) is 18.3 Å². The second-order valence-corrected chi connectivity index (χ2v) is 9.21. The zero-order chi connectivity index (χ0) is 18.2. The summed E-state index contributed by atoms with van der Waals surface area (Å²) < 4.78 is 12.3. The van der Waals surface area contributed by atoms with Gasteiger partial charge in [-0.15, -0.1) is 5.73 Å². The Balaban J connectivity index is 1.34. The van der Waals surface area contributed by atoms with E-state index in [0.29, 0.717) is 17.8 Å². The van der Waals surface area contributed by atoms with Gasteiger partial charge in [0.15, 0.2) is 0 Å². The smallest absolute Gasteiger partial charge is 0.519 e. The van der Waals surface area contributed by atoms with Crippen molar-refractivity contribution in [3.05, 3.63) is 52.7 Å². The molecule has 1 aliphatic heterocycles. The average Bonchev–Trinajstić information content (AvgIpc) is 3.40. The number of hydrogen-bond donors (Lipinski definition) is 1. The zero-order valence-corrected chi connectivity index (χ0v) is 15.8. The number of hydrogen-bond acceptors (Lipinski definition) is 3. The monoisotopic (exact) mass is 360 g/mol. The fraction of sp³-hybridized carbons (Fsp3) is 0.522. The van der Waals surface area contributed by atoms with Gasteiger partial charge in [-0.3, -0.25) is 0 Å². The van der Waals surface area contributed by atoms with E-state index < -0.39 is 0 Å². The molecule has 0 unspecified atom stereocenters. The van der Waals surface area contributed by atoms with Crippen molar-refractivity contribution in [3.8, 4) is 11.5 Å². The molecule has 0 amide bonds. The lowest BCUT2D eigenvalue weighted by Crippen LogP contribution is -2.43. The van der Waals surface area contributed by atoms with Crippen LogP contribution in [0, 0.1) is 17.3 Å². The molecule has 2 saturated carbocycles. The molecule has 27 heavy (non-hydrogen) atoms. The van der Waals surface area contributed by atoms with Crippen LogP contribution in [0.15, 0.2) is 41.6 Å². The molecule has 1 aromatic rings. The number of allylic oxidation sites excluding steroid dienone is 3. The minimum atomic E-state index is -0.362. The highest BCUT2D eigenvalue weighted by Gasteiger charge is 2.55. The van der Waals surface area contributed by atoms with Gasteiger partial charge < -0.3 is 14.4 Å². The summed E-state index contributed by atoms with van der Waals surface area (Å²) >= 11 is 0. The van der Waals surface area contributed by atoms with E-state index in [-0.39, 0.29) is 18.6 Å². The molecule has 1 aromatic carbocycles. The van der Waals surface area contributed by atoms with Crippen molar-refractivity contribution in [3.63, 3.8) is 0 Å². The summed E-state index contributed by atoms with van der Waals surface area (Å²) in [5.41, 5.74) is 7.13. The number of rotatable bonds is 1. The number of benzene rings is 1. The highest BCUT2D eigenvalue weighted by molar-refractivity contribution is 6.57. The van der Waals surface area contributed by atoms with E-state index in [1.54, 1.807) is 0 Å². The van der Waals surface area contributed by atoms with Gasteiger partial charge in [-0.2, -0.15) is 0 Å². The summed E-state index contributed by atoms with van der Waals surface area (Å²) in [5.74, 6) is 3.81. The van der Waals surface area contributed by atoms with E-state index in [1.165, 1.54) is 30.4 Å². The molecule has 4 aliphatic carbocycles. The molecule has 3 nitrogen and oxygen atoms in total. The van der Waals surface area contributed by atoms with E-state index in [9.17, 15) is 5.11 Å². The van der Waals surface area contributed by atoms with Crippen LogP contribution in [0.3, 0.4) is 0 Å². The summed E-state index contributed by atoms with van der Waals surface area (Å²) in [6.45, 7) is 2.33. The lowest BCUT2D eigenvalue weighted by Gasteiger charge is -2.50. The van der Waals surface area contributed by atoms with E-state index in [1.807, 2.05) is 18.2 Å². The van der Waals surface area contributed by atoms with E-state index in [4.69, 9.17) is 9.31 Å². The first-order chi connectivity index (χ1) is 13.1. The first-order valence-electron chi connectivity index (χ1n) is 10.5. The van der Waals surface area contributed by atoms with Gasteiger partial charge in [0.1, 0.15) is 11.5 Å². The van der Waals surface area contributed by atoms with Gasteiger partial charge in [0, 0.05) is 0 Å². The molecule has 6 rings (SSSR count). The predicted octanol–water partition coefficient (Wildman–Crippen LogP) is 4.35. The lowest BCUT2D eigenvalue weighted by atomic mass is 9.55. The summed E-state index contributed by atoms with van der Waals surface area (Å²) in [7, 11) is -0.362. The number of aliphatic hydroxyl groups excluding tert-OH is 1. The zero-order valence-electron chi connectivity index (χ0n) is 15.8. The second kappa shape index (κ2) is 5.56. The van der Waals surface area contributed by atoms with E-state index in [2.05, 4.69) is 24.8 Å². The standard InChI is InChI=1S/C23H25BO3/c1-23-13-12-16-15-8-10-20-22(27-24(26-20)14-4-2-3-5-14)18(15)7-6-17(16)19(23)9-11-21(23)25/h2-4,8,10,16-17,19,21,25H,6-7,9,11-13H2,1H3/t16-,17-,19+,21+,23+/m1/s1. The Bertz CT molecular complexity index is 912. The first-order valence-corrected chi connectivity index (χ1v) is 10.5. The molecule has 0 saturated heterocycles. The summed E-state index contributed by atoms with van der Waals surface area (Å²) in [5, 5.41) is 10.6. The van der Waals surface area contributed by atoms with Crippen LogP contribution in [-0.2, 0) is 6.42 Å². The van der Waals surface area contributed by atoms with Gasteiger partial charge >= 0.3 is 7.12 Å². The molecule has 1 heterocycles. The van der Waals surface area contributed by atoms with Gasteiger partial charge in [-0.25, -0.2) is 0 Å². The molecule has 1 N–H and O–H groups in total. The number of aliphatic hydroxyl groups is 1. The molecule has 0 aromatic heterocycles. The predicted molar refractivity (Wildman–Crippen MR) is 105 cm³/mol. The van der Waals surface area contributed by atoms with Crippen molar-refractivity contribution in [1.29, 1.82) is 0 Å². The lowest BCUT2D eigenvalue weighted by molar-refractivity contribution is -0.0226. The molecule has 4 heteroatoms. The Kier molecular flexibility index (Phi) is 3.31. The van der Waals surface area contributed by atoms with E-state index >= 15 is 0 Å². The van der Waals surface area contributed by atoms with Crippen molar-refractivity contribution in [2.75, 3.05) is 0 Å². The van der Waals surface area contributed by atoms with Crippen LogP contribution in [0.1, 0.15) is 56.1 Å². The topological polar surface area (TPSA) is 38.7 Å². The highest BCUT2D eigenvalue weighted by atomic mass is 16.6. The van der Waals surface area contributed by atoms with Crippen molar-refractivity contribution >= 4 is 7.12 Å². The molecule has 2 fully saturated rings. The molecular weight excluding hydrogens is 335 g/mol. The molecule has 0 radical (unpaired) electrons. The highest BCUT2D eigenvalue weighted by Crippen LogP contribution is 2.62. The molecule has 5 atom stereocenters.